The van der Waals surface area contributed by atoms with Gasteiger partial charge in [-0.3, -0.25) is 0 Å². The number of hydrogen-bond donors (Lipinski definition) is 1. The Kier molecular flexibility index (Phi) is 5.29. The second kappa shape index (κ2) is 6.50. The van der Waals surface area contributed by atoms with Gasteiger partial charge >= 0.3 is 5.97 Å². The molecule has 1 N–H and O–H groups in total. The van der Waals surface area contributed by atoms with Gasteiger partial charge in [-0.05, 0) is 37.1 Å². The topological polar surface area (TPSA) is 40.5 Å². The molecule has 0 saturated carbocycles. The Hall–Kier alpha value is -1.22. The molecule has 4 heteroatoms. The minimum Gasteiger partial charge on any atom is -0.480 e. The van der Waals surface area contributed by atoms with E-state index >= 15 is 0 Å². The molecule has 0 radical (unpaired) electrons. The first-order chi connectivity index (χ1) is 8.10. The number of carboxylic acid groups (broad SMARTS) is 1. The average Bonchev–Trinajstić information content (AvgIpc) is 2.29. The van der Waals surface area contributed by atoms with E-state index in [-0.39, 0.29) is 0 Å². The Morgan fingerprint density at radius 3 is 2.35 bits per heavy atom. The molecule has 94 valence electrons. The van der Waals surface area contributed by atoms with Crippen molar-refractivity contribution in [1.29, 1.82) is 0 Å². The molecule has 0 fully saturated rings. The molecule has 3 nitrogen and oxygen atoms in total. The standard InChI is InChI=1S/C13H18ClNO2/c1-3-9-15(12(4-2)13(16)17)11-7-5-10(14)6-8-11/h5-8,12H,3-4,9H2,1-2H3,(H,16,17)/t12-/m0/s1. The van der Waals surface area contributed by atoms with Gasteiger partial charge in [-0.25, -0.2) is 4.79 Å². The third-order valence-electron chi connectivity index (χ3n) is 2.67. The average molecular weight is 256 g/mol. The monoisotopic (exact) mass is 255 g/mol. The first-order valence-corrected chi connectivity index (χ1v) is 6.23. The van der Waals surface area contributed by atoms with Crippen molar-refractivity contribution in [3.05, 3.63) is 29.3 Å². The SMILES string of the molecule is CCCN(c1ccc(Cl)cc1)[C@@H](CC)C(=O)O. The third kappa shape index (κ3) is 3.63. The first-order valence-electron chi connectivity index (χ1n) is 5.85. The number of aliphatic carboxylic acids is 1. The van der Waals surface area contributed by atoms with Crippen LogP contribution < -0.4 is 4.90 Å². The van der Waals surface area contributed by atoms with Crippen molar-refractivity contribution in [2.45, 2.75) is 32.7 Å². The molecular formula is C13H18ClNO2. The van der Waals surface area contributed by atoms with Gasteiger partial charge in [0.2, 0.25) is 0 Å². The Balaban J connectivity index is 2.98. The fourth-order valence-corrected chi connectivity index (χ4v) is 1.99. The molecule has 0 aliphatic rings. The highest BCUT2D eigenvalue weighted by Crippen LogP contribution is 2.21. The van der Waals surface area contributed by atoms with Gasteiger partial charge in [0.05, 0.1) is 0 Å². The molecule has 0 saturated heterocycles. The maximum atomic E-state index is 11.2. The maximum absolute atomic E-state index is 11.2. The molecule has 0 unspecified atom stereocenters. The molecule has 1 rings (SSSR count). The van der Waals surface area contributed by atoms with Crippen LogP contribution >= 0.6 is 11.6 Å². The summed E-state index contributed by atoms with van der Waals surface area (Å²) in [5, 5.41) is 9.88. The summed E-state index contributed by atoms with van der Waals surface area (Å²) in [6, 6.07) is 6.83. The zero-order valence-electron chi connectivity index (χ0n) is 10.2. The minimum atomic E-state index is -0.782. The zero-order valence-corrected chi connectivity index (χ0v) is 10.9. The van der Waals surface area contributed by atoms with Crippen molar-refractivity contribution in [2.75, 3.05) is 11.4 Å². The smallest absolute Gasteiger partial charge is 0.326 e. The molecule has 1 atom stereocenters. The van der Waals surface area contributed by atoms with Gasteiger partial charge in [-0.2, -0.15) is 0 Å². The van der Waals surface area contributed by atoms with Crippen LogP contribution in [-0.4, -0.2) is 23.7 Å². The quantitative estimate of drug-likeness (QED) is 0.847. The van der Waals surface area contributed by atoms with Gasteiger partial charge in [0.15, 0.2) is 0 Å². The third-order valence-corrected chi connectivity index (χ3v) is 2.92. The molecular weight excluding hydrogens is 238 g/mol. The van der Waals surface area contributed by atoms with Crippen LogP contribution in [0.1, 0.15) is 26.7 Å². The number of halogens is 1. The lowest BCUT2D eigenvalue weighted by Gasteiger charge is -2.30. The van der Waals surface area contributed by atoms with E-state index in [4.69, 9.17) is 11.6 Å². The molecule has 0 aliphatic heterocycles. The summed E-state index contributed by atoms with van der Waals surface area (Å²) in [7, 11) is 0. The van der Waals surface area contributed by atoms with Crippen LogP contribution in [-0.2, 0) is 4.79 Å². The Morgan fingerprint density at radius 1 is 1.35 bits per heavy atom. The summed E-state index contributed by atoms with van der Waals surface area (Å²) >= 11 is 5.83. The lowest BCUT2D eigenvalue weighted by atomic mass is 10.1. The van der Waals surface area contributed by atoms with Crippen molar-refractivity contribution in [1.82, 2.24) is 0 Å². The maximum Gasteiger partial charge on any atom is 0.326 e. The summed E-state index contributed by atoms with van der Waals surface area (Å²) < 4.78 is 0. The van der Waals surface area contributed by atoms with Crippen LogP contribution in [0.2, 0.25) is 5.02 Å². The highest BCUT2D eigenvalue weighted by Gasteiger charge is 2.23. The number of hydrogen-bond acceptors (Lipinski definition) is 2. The van der Waals surface area contributed by atoms with Gasteiger partial charge in [0.25, 0.3) is 0 Å². The Morgan fingerprint density at radius 2 is 1.94 bits per heavy atom. The molecule has 1 aromatic rings. The fraction of sp³-hybridized carbons (Fsp3) is 0.462. The Bertz CT molecular complexity index is 364. The van der Waals surface area contributed by atoms with Gasteiger partial charge in [-0.15, -0.1) is 0 Å². The van der Waals surface area contributed by atoms with E-state index in [0.717, 1.165) is 18.7 Å². The molecule has 0 spiro atoms. The lowest BCUT2D eigenvalue weighted by molar-refractivity contribution is -0.138. The van der Waals surface area contributed by atoms with Gasteiger partial charge in [0.1, 0.15) is 6.04 Å². The van der Waals surface area contributed by atoms with Crippen LogP contribution in [0.5, 0.6) is 0 Å². The van der Waals surface area contributed by atoms with Crippen LogP contribution in [0, 0.1) is 0 Å². The van der Waals surface area contributed by atoms with Crippen LogP contribution in [0.3, 0.4) is 0 Å². The van der Waals surface area contributed by atoms with E-state index in [0.29, 0.717) is 11.4 Å². The second-order valence-electron chi connectivity index (χ2n) is 3.93. The molecule has 0 aliphatic carbocycles. The molecule has 1 aromatic carbocycles. The number of carbonyl (C=O) groups is 1. The number of nitrogens with zero attached hydrogens (tertiary/aromatic N) is 1. The summed E-state index contributed by atoms with van der Waals surface area (Å²) in [6.45, 7) is 4.65. The summed E-state index contributed by atoms with van der Waals surface area (Å²) in [6.07, 6.45) is 1.49. The van der Waals surface area contributed by atoms with E-state index in [1.165, 1.54) is 0 Å². The molecule has 0 bridgehead atoms. The van der Waals surface area contributed by atoms with Crippen LogP contribution in [0.25, 0.3) is 0 Å². The highest BCUT2D eigenvalue weighted by molar-refractivity contribution is 6.30. The van der Waals surface area contributed by atoms with E-state index in [9.17, 15) is 9.90 Å². The fourth-order valence-electron chi connectivity index (χ4n) is 1.87. The van der Waals surface area contributed by atoms with E-state index in [1.807, 2.05) is 30.9 Å². The number of benzene rings is 1. The van der Waals surface area contributed by atoms with Crippen molar-refractivity contribution in [3.8, 4) is 0 Å². The van der Waals surface area contributed by atoms with Gasteiger partial charge in [0, 0.05) is 17.3 Å². The van der Waals surface area contributed by atoms with E-state index < -0.39 is 12.0 Å². The Labute approximate surface area is 107 Å². The van der Waals surface area contributed by atoms with Crippen molar-refractivity contribution < 1.29 is 9.90 Å². The minimum absolute atomic E-state index is 0.476. The molecule has 0 amide bonds. The highest BCUT2D eigenvalue weighted by atomic mass is 35.5. The first kappa shape index (κ1) is 13.8. The van der Waals surface area contributed by atoms with Crippen LogP contribution in [0.4, 0.5) is 5.69 Å². The molecule has 0 aromatic heterocycles. The largest absolute Gasteiger partial charge is 0.480 e. The zero-order chi connectivity index (χ0) is 12.8. The normalized spacial score (nSPS) is 12.2. The van der Waals surface area contributed by atoms with E-state index in [1.54, 1.807) is 12.1 Å². The second-order valence-corrected chi connectivity index (χ2v) is 4.37. The number of carboxylic acids is 1. The summed E-state index contributed by atoms with van der Waals surface area (Å²) in [5.41, 5.74) is 0.908. The van der Waals surface area contributed by atoms with Gasteiger partial charge < -0.3 is 10.0 Å². The number of anilines is 1. The van der Waals surface area contributed by atoms with Crippen LogP contribution in [0.15, 0.2) is 24.3 Å². The van der Waals surface area contributed by atoms with Crippen molar-refractivity contribution in [2.24, 2.45) is 0 Å². The van der Waals surface area contributed by atoms with Crippen molar-refractivity contribution in [3.63, 3.8) is 0 Å². The molecule has 17 heavy (non-hydrogen) atoms. The number of rotatable bonds is 6. The summed E-state index contributed by atoms with van der Waals surface area (Å²) in [4.78, 5) is 13.1. The molecule has 0 heterocycles. The van der Waals surface area contributed by atoms with Crippen molar-refractivity contribution >= 4 is 23.3 Å². The van der Waals surface area contributed by atoms with E-state index in [2.05, 4.69) is 0 Å². The predicted molar refractivity (Wildman–Crippen MR) is 70.8 cm³/mol. The summed E-state index contributed by atoms with van der Waals surface area (Å²) in [5.74, 6) is -0.782. The lowest BCUT2D eigenvalue weighted by Crippen LogP contribution is -2.41. The predicted octanol–water partition coefficient (Wildman–Crippen LogP) is 3.42. The van der Waals surface area contributed by atoms with Gasteiger partial charge in [-0.1, -0.05) is 25.4 Å².